The number of amides is 1. The first-order valence-corrected chi connectivity index (χ1v) is 7.87. The van der Waals surface area contributed by atoms with E-state index in [0.717, 1.165) is 31.4 Å². The summed E-state index contributed by atoms with van der Waals surface area (Å²) >= 11 is 0. The van der Waals surface area contributed by atoms with Gasteiger partial charge in [0, 0.05) is 12.1 Å². The molecule has 1 fully saturated rings. The Morgan fingerprint density at radius 2 is 1.73 bits per heavy atom. The zero-order valence-corrected chi connectivity index (χ0v) is 13.6. The molecule has 1 aromatic carbocycles. The molecule has 1 aliphatic carbocycles. The van der Waals surface area contributed by atoms with Crippen LogP contribution >= 0.6 is 0 Å². The van der Waals surface area contributed by atoms with Gasteiger partial charge in [-0.2, -0.15) is 0 Å². The van der Waals surface area contributed by atoms with Crippen LogP contribution in [0.1, 0.15) is 46.5 Å². The Bertz CT molecular complexity index is 503. The van der Waals surface area contributed by atoms with E-state index in [1.54, 1.807) is 6.07 Å². The van der Waals surface area contributed by atoms with E-state index in [2.05, 4.69) is 10.6 Å². The molecule has 2 rings (SSSR count). The number of ether oxygens (including phenoxy) is 1. The monoisotopic (exact) mass is 306 g/mol. The summed E-state index contributed by atoms with van der Waals surface area (Å²) in [5.41, 5.74) is 0.305. The van der Waals surface area contributed by atoms with Crippen LogP contribution in [-0.4, -0.2) is 28.9 Å². The van der Waals surface area contributed by atoms with Crippen molar-refractivity contribution in [3.8, 4) is 5.75 Å². The van der Waals surface area contributed by atoms with Gasteiger partial charge in [0.25, 0.3) is 0 Å². The maximum atomic E-state index is 11.8. The summed E-state index contributed by atoms with van der Waals surface area (Å²) in [5, 5.41) is 16.1. The number of nitrogens with one attached hydrogen (secondary N) is 2. The van der Waals surface area contributed by atoms with Gasteiger partial charge < -0.3 is 20.5 Å². The van der Waals surface area contributed by atoms with Gasteiger partial charge in [0.1, 0.15) is 11.4 Å². The number of carbonyl (C=O) groups excluding carboxylic acids is 1. The zero-order valence-electron chi connectivity index (χ0n) is 13.6. The highest BCUT2D eigenvalue weighted by atomic mass is 16.6. The van der Waals surface area contributed by atoms with Crippen LogP contribution in [0.15, 0.2) is 24.3 Å². The number of carbonyl (C=O) groups is 1. The normalized spacial score (nSPS) is 22.0. The topological polar surface area (TPSA) is 70.6 Å². The van der Waals surface area contributed by atoms with Crippen molar-refractivity contribution >= 4 is 11.8 Å². The predicted octanol–water partition coefficient (Wildman–Crippen LogP) is 3.64. The van der Waals surface area contributed by atoms with Crippen molar-refractivity contribution in [2.75, 3.05) is 5.32 Å². The summed E-state index contributed by atoms with van der Waals surface area (Å²) in [6, 6.07) is 7.75. The summed E-state index contributed by atoms with van der Waals surface area (Å²) in [5.74, 6) is 0.275. The van der Waals surface area contributed by atoms with Crippen molar-refractivity contribution in [2.45, 2.75) is 64.1 Å². The minimum atomic E-state index is -0.465. The number of para-hydroxylation sites is 2. The predicted molar refractivity (Wildman–Crippen MR) is 87.1 cm³/mol. The molecule has 1 saturated carbocycles. The Labute approximate surface area is 132 Å². The Kier molecular flexibility index (Phi) is 5.16. The van der Waals surface area contributed by atoms with Crippen LogP contribution in [0.25, 0.3) is 0 Å². The van der Waals surface area contributed by atoms with Crippen LogP contribution in [0.4, 0.5) is 10.5 Å². The lowest BCUT2D eigenvalue weighted by atomic mass is 9.91. The van der Waals surface area contributed by atoms with Crippen LogP contribution in [0.2, 0.25) is 0 Å². The molecular weight excluding hydrogens is 280 g/mol. The molecule has 0 spiro atoms. The number of hydrogen-bond donors (Lipinski definition) is 3. The average Bonchev–Trinajstić information content (AvgIpc) is 2.41. The van der Waals surface area contributed by atoms with Gasteiger partial charge in [-0.3, -0.25) is 0 Å². The van der Waals surface area contributed by atoms with Crippen LogP contribution < -0.4 is 10.6 Å². The van der Waals surface area contributed by atoms with Crippen LogP contribution in [-0.2, 0) is 4.74 Å². The maximum absolute atomic E-state index is 11.8. The Hall–Kier alpha value is -1.91. The molecule has 0 atom stereocenters. The lowest BCUT2D eigenvalue weighted by Crippen LogP contribution is -2.42. The lowest BCUT2D eigenvalue weighted by Gasteiger charge is -2.31. The minimum absolute atomic E-state index is 0.164. The molecular formula is C17H26N2O3. The molecule has 0 unspecified atom stereocenters. The van der Waals surface area contributed by atoms with Crippen molar-refractivity contribution in [1.82, 2.24) is 5.32 Å². The molecule has 122 valence electrons. The van der Waals surface area contributed by atoms with E-state index in [-0.39, 0.29) is 17.9 Å². The number of phenolic OH excluding ortho intramolecular Hbond substituents is 1. The van der Waals surface area contributed by atoms with E-state index in [1.807, 2.05) is 39.0 Å². The molecule has 1 amide bonds. The van der Waals surface area contributed by atoms with Gasteiger partial charge in [0.05, 0.1) is 5.69 Å². The molecule has 5 heteroatoms. The van der Waals surface area contributed by atoms with Crippen LogP contribution in [0.5, 0.6) is 5.75 Å². The second-order valence-corrected chi connectivity index (χ2v) is 6.86. The molecule has 1 aromatic rings. The number of hydrogen-bond acceptors (Lipinski definition) is 4. The number of anilines is 1. The summed E-state index contributed by atoms with van der Waals surface area (Å²) in [6.45, 7) is 5.58. The second-order valence-electron chi connectivity index (χ2n) is 6.86. The smallest absolute Gasteiger partial charge is 0.407 e. The Balaban J connectivity index is 1.76. The van der Waals surface area contributed by atoms with Gasteiger partial charge in [-0.25, -0.2) is 4.79 Å². The van der Waals surface area contributed by atoms with Crippen molar-refractivity contribution in [3.05, 3.63) is 24.3 Å². The minimum Gasteiger partial charge on any atom is -0.506 e. The highest BCUT2D eigenvalue weighted by Crippen LogP contribution is 2.27. The second kappa shape index (κ2) is 6.90. The molecule has 3 N–H and O–H groups in total. The van der Waals surface area contributed by atoms with Crippen LogP contribution in [0.3, 0.4) is 0 Å². The molecule has 0 saturated heterocycles. The highest BCUT2D eigenvalue weighted by Gasteiger charge is 2.24. The maximum Gasteiger partial charge on any atom is 0.407 e. The molecule has 0 aromatic heterocycles. The highest BCUT2D eigenvalue weighted by molar-refractivity contribution is 5.68. The first kappa shape index (κ1) is 16.5. The largest absolute Gasteiger partial charge is 0.506 e. The van der Waals surface area contributed by atoms with Gasteiger partial charge in [0.15, 0.2) is 0 Å². The van der Waals surface area contributed by atoms with Crippen molar-refractivity contribution in [2.24, 2.45) is 0 Å². The zero-order chi connectivity index (χ0) is 16.2. The van der Waals surface area contributed by atoms with E-state index in [1.165, 1.54) is 0 Å². The third-order valence-electron chi connectivity index (χ3n) is 3.71. The van der Waals surface area contributed by atoms with Crippen molar-refractivity contribution in [1.29, 1.82) is 0 Å². The van der Waals surface area contributed by atoms with Gasteiger partial charge in [-0.15, -0.1) is 0 Å². The Morgan fingerprint density at radius 3 is 2.32 bits per heavy atom. The molecule has 22 heavy (non-hydrogen) atoms. The molecule has 5 nitrogen and oxygen atoms in total. The lowest BCUT2D eigenvalue weighted by molar-refractivity contribution is 0.0492. The third-order valence-corrected chi connectivity index (χ3v) is 3.71. The first-order chi connectivity index (χ1) is 10.3. The average molecular weight is 306 g/mol. The number of rotatable bonds is 3. The van der Waals surface area contributed by atoms with Crippen molar-refractivity contribution < 1.29 is 14.6 Å². The SMILES string of the molecule is CC(C)(C)OC(=O)NC1CCC(Nc2ccccc2O)CC1. The number of benzene rings is 1. The molecule has 0 aliphatic heterocycles. The van der Waals surface area contributed by atoms with E-state index >= 15 is 0 Å². The summed E-state index contributed by atoms with van der Waals surface area (Å²) in [7, 11) is 0. The summed E-state index contributed by atoms with van der Waals surface area (Å²) < 4.78 is 5.28. The molecule has 0 bridgehead atoms. The van der Waals surface area contributed by atoms with E-state index in [9.17, 15) is 9.90 Å². The van der Waals surface area contributed by atoms with E-state index < -0.39 is 5.60 Å². The van der Waals surface area contributed by atoms with Gasteiger partial charge in [-0.1, -0.05) is 12.1 Å². The molecule has 0 radical (unpaired) electrons. The van der Waals surface area contributed by atoms with Gasteiger partial charge in [-0.05, 0) is 58.6 Å². The van der Waals surface area contributed by atoms with Crippen molar-refractivity contribution in [3.63, 3.8) is 0 Å². The van der Waals surface area contributed by atoms with E-state index in [0.29, 0.717) is 6.04 Å². The fraction of sp³-hybridized carbons (Fsp3) is 0.588. The van der Waals surface area contributed by atoms with Crippen LogP contribution in [0, 0.1) is 0 Å². The van der Waals surface area contributed by atoms with E-state index in [4.69, 9.17) is 4.74 Å². The number of phenols is 1. The number of alkyl carbamates (subject to hydrolysis) is 1. The third kappa shape index (κ3) is 5.13. The quantitative estimate of drug-likeness (QED) is 0.746. The van der Waals surface area contributed by atoms with Gasteiger partial charge in [0.2, 0.25) is 0 Å². The fourth-order valence-corrected chi connectivity index (χ4v) is 2.67. The molecule has 0 heterocycles. The summed E-state index contributed by atoms with van der Waals surface area (Å²) in [4.78, 5) is 11.8. The number of aromatic hydroxyl groups is 1. The molecule has 1 aliphatic rings. The summed E-state index contributed by atoms with van der Waals surface area (Å²) in [6.07, 6.45) is 3.38. The first-order valence-electron chi connectivity index (χ1n) is 7.87. The van der Waals surface area contributed by atoms with Gasteiger partial charge >= 0.3 is 6.09 Å². The fourth-order valence-electron chi connectivity index (χ4n) is 2.67. The standard InChI is InChI=1S/C17H26N2O3/c1-17(2,3)22-16(21)19-13-10-8-12(9-11-13)18-14-6-4-5-7-15(14)20/h4-7,12-13,18,20H,8-11H2,1-3H3,(H,19,21). The Morgan fingerprint density at radius 1 is 1.14 bits per heavy atom.